The van der Waals surface area contributed by atoms with Crippen LogP contribution in [0, 0.1) is 0 Å². The van der Waals surface area contributed by atoms with Crippen molar-refractivity contribution in [1.29, 1.82) is 0 Å². The molecule has 0 atom stereocenters. The first-order valence-corrected chi connectivity index (χ1v) is 4.60. The van der Waals surface area contributed by atoms with Gasteiger partial charge in [0, 0.05) is 12.4 Å². The number of halogens is 1. The minimum Gasteiger partial charge on any atom is -0.506 e. The molecule has 1 aromatic heterocycles. The highest BCUT2D eigenvalue weighted by atomic mass is 35.5. The fourth-order valence-electron chi connectivity index (χ4n) is 1.57. The first kappa shape index (κ1) is 9.86. The van der Waals surface area contributed by atoms with Gasteiger partial charge in [0.1, 0.15) is 11.4 Å². The number of carboxylic acids is 1. The molecule has 4 nitrogen and oxygen atoms in total. The van der Waals surface area contributed by atoms with Gasteiger partial charge in [0.15, 0.2) is 0 Å². The number of carbonyl (C=O) groups is 1. The van der Waals surface area contributed by atoms with Crippen molar-refractivity contribution in [2.24, 2.45) is 7.05 Å². The summed E-state index contributed by atoms with van der Waals surface area (Å²) in [5, 5.41) is 19.0. The molecule has 0 aliphatic carbocycles. The second kappa shape index (κ2) is 3.17. The maximum atomic E-state index is 10.9. The van der Waals surface area contributed by atoms with Gasteiger partial charge in [-0.2, -0.15) is 0 Å². The maximum absolute atomic E-state index is 10.9. The van der Waals surface area contributed by atoms with Crippen LogP contribution in [0.3, 0.4) is 0 Å². The monoisotopic (exact) mass is 225 g/mol. The number of benzene rings is 1. The summed E-state index contributed by atoms with van der Waals surface area (Å²) >= 11 is 5.86. The van der Waals surface area contributed by atoms with Crippen molar-refractivity contribution in [3.8, 4) is 5.75 Å². The lowest BCUT2D eigenvalue weighted by molar-refractivity contribution is 0.0687. The van der Waals surface area contributed by atoms with Gasteiger partial charge >= 0.3 is 5.97 Å². The molecule has 1 heterocycles. The quantitative estimate of drug-likeness (QED) is 0.782. The highest BCUT2D eigenvalue weighted by molar-refractivity contribution is 6.37. The lowest BCUT2D eigenvalue weighted by Gasteiger charge is -2.00. The first-order chi connectivity index (χ1) is 7.02. The number of aromatic nitrogens is 1. The highest BCUT2D eigenvalue weighted by Gasteiger charge is 2.15. The van der Waals surface area contributed by atoms with E-state index in [0.29, 0.717) is 10.9 Å². The van der Waals surface area contributed by atoms with Crippen LogP contribution in [0.15, 0.2) is 18.2 Å². The van der Waals surface area contributed by atoms with Gasteiger partial charge < -0.3 is 14.8 Å². The number of carboxylic acid groups (broad SMARTS) is 1. The number of phenolic OH excluding ortho intramolecular Hbond substituents is 1. The van der Waals surface area contributed by atoms with E-state index in [1.54, 1.807) is 13.1 Å². The lowest BCUT2D eigenvalue weighted by atomic mass is 10.2. The molecule has 0 unspecified atom stereocenters. The van der Waals surface area contributed by atoms with Gasteiger partial charge in [0.25, 0.3) is 0 Å². The van der Waals surface area contributed by atoms with E-state index in [2.05, 4.69) is 0 Å². The number of phenols is 1. The number of hydrogen-bond donors (Lipinski definition) is 2. The standard InChI is InChI=1S/C10H8ClNO3/c1-12-6-2-3-8(13)9(11)5(6)4-7(12)10(14)15/h2-4,13H,1H3,(H,14,15). The van der Waals surface area contributed by atoms with Crippen molar-refractivity contribution in [2.75, 3.05) is 0 Å². The van der Waals surface area contributed by atoms with Gasteiger partial charge in [-0.1, -0.05) is 11.6 Å². The zero-order valence-corrected chi connectivity index (χ0v) is 8.62. The molecule has 0 saturated heterocycles. The van der Waals surface area contributed by atoms with Crippen LogP contribution in [0.2, 0.25) is 5.02 Å². The van der Waals surface area contributed by atoms with Gasteiger partial charge in [0.2, 0.25) is 0 Å². The molecule has 0 spiro atoms. The van der Waals surface area contributed by atoms with E-state index in [1.807, 2.05) is 0 Å². The van der Waals surface area contributed by atoms with Gasteiger partial charge in [-0.05, 0) is 18.2 Å². The number of aromatic carboxylic acids is 1. The van der Waals surface area contributed by atoms with Crippen LogP contribution in [-0.2, 0) is 7.05 Å². The van der Waals surface area contributed by atoms with Crippen molar-refractivity contribution < 1.29 is 15.0 Å². The van der Waals surface area contributed by atoms with Crippen LogP contribution < -0.4 is 0 Å². The van der Waals surface area contributed by atoms with Crippen LogP contribution in [0.5, 0.6) is 5.75 Å². The number of rotatable bonds is 1. The van der Waals surface area contributed by atoms with Crippen molar-refractivity contribution in [3.63, 3.8) is 0 Å². The van der Waals surface area contributed by atoms with Crippen LogP contribution in [0.25, 0.3) is 10.9 Å². The SMILES string of the molecule is Cn1c(C(=O)O)cc2c(Cl)c(O)ccc21. The fraction of sp³-hybridized carbons (Fsp3) is 0.100. The molecular weight excluding hydrogens is 218 g/mol. The predicted molar refractivity (Wildman–Crippen MR) is 56.6 cm³/mol. The Morgan fingerprint density at radius 3 is 2.73 bits per heavy atom. The van der Waals surface area contributed by atoms with E-state index in [9.17, 15) is 9.90 Å². The van der Waals surface area contributed by atoms with E-state index < -0.39 is 5.97 Å². The minimum absolute atomic E-state index is 0.0493. The molecule has 0 bridgehead atoms. The van der Waals surface area contributed by atoms with E-state index >= 15 is 0 Å². The van der Waals surface area contributed by atoms with E-state index in [1.165, 1.54) is 16.7 Å². The average molecular weight is 226 g/mol. The van der Waals surface area contributed by atoms with E-state index in [0.717, 1.165) is 0 Å². The Labute approximate surface area is 90.3 Å². The summed E-state index contributed by atoms with van der Waals surface area (Å²) in [5.74, 6) is -1.07. The maximum Gasteiger partial charge on any atom is 0.352 e. The molecule has 2 N–H and O–H groups in total. The summed E-state index contributed by atoms with van der Waals surface area (Å²) in [6, 6.07) is 4.51. The molecule has 0 amide bonds. The van der Waals surface area contributed by atoms with Gasteiger partial charge in [-0.15, -0.1) is 0 Å². The van der Waals surface area contributed by atoms with Crippen molar-refractivity contribution >= 4 is 28.5 Å². The summed E-state index contributed by atoms with van der Waals surface area (Å²) in [6.07, 6.45) is 0. The topological polar surface area (TPSA) is 62.5 Å². The third-order valence-electron chi connectivity index (χ3n) is 2.36. The summed E-state index contributed by atoms with van der Waals surface area (Å²) < 4.78 is 1.52. The molecule has 5 heteroatoms. The van der Waals surface area contributed by atoms with Crippen LogP contribution in [-0.4, -0.2) is 20.7 Å². The van der Waals surface area contributed by atoms with Gasteiger partial charge in [-0.3, -0.25) is 0 Å². The van der Waals surface area contributed by atoms with E-state index in [-0.39, 0.29) is 16.5 Å². The summed E-state index contributed by atoms with van der Waals surface area (Å²) in [7, 11) is 1.64. The summed E-state index contributed by atoms with van der Waals surface area (Å²) in [6.45, 7) is 0. The third kappa shape index (κ3) is 1.34. The zero-order valence-electron chi connectivity index (χ0n) is 7.86. The molecule has 15 heavy (non-hydrogen) atoms. The Morgan fingerprint density at radius 2 is 2.13 bits per heavy atom. The Morgan fingerprint density at radius 1 is 1.47 bits per heavy atom. The van der Waals surface area contributed by atoms with E-state index in [4.69, 9.17) is 16.7 Å². The third-order valence-corrected chi connectivity index (χ3v) is 2.76. The molecular formula is C10H8ClNO3. The predicted octanol–water partition coefficient (Wildman–Crippen LogP) is 2.24. The van der Waals surface area contributed by atoms with Gasteiger partial charge in [-0.25, -0.2) is 4.79 Å². The Balaban J connectivity index is 2.88. The number of nitrogens with zero attached hydrogens (tertiary/aromatic N) is 1. The molecule has 78 valence electrons. The molecule has 0 saturated carbocycles. The highest BCUT2D eigenvalue weighted by Crippen LogP contribution is 2.33. The Bertz CT molecular complexity index is 559. The number of aromatic hydroxyl groups is 1. The minimum atomic E-state index is -1.02. The lowest BCUT2D eigenvalue weighted by Crippen LogP contribution is -2.03. The largest absolute Gasteiger partial charge is 0.506 e. The number of fused-ring (bicyclic) bond motifs is 1. The molecule has 0 aliphatic heterocycles. The Hall–Kier alpha value is -1.68. The first-order valence-electron chi connectivity index (χ1n) is 4.22. The van der Waals surface area contributed by atoms with Crippen LogP contribution in [0.1, 0.15) is 10.5 Å². The summed E-state index contributed by atoms with van der Waals surface area (Å²) in [4.78, 5) is 10.9. The normalized spacial score (nSPS) is 10.8. The van der Waals surface area contributed by atoms with Gasteiger partial charge in [0.05, 0.1) is 10.5 Å². The van der Waals surface area contributed by atoms with Crippen molar-refractivity contribution in [3.05, 3.63) is 28.9 Å². The Kier molecular flexibility index (Phi) is 2.08. The summed E-state index contributed by atoms with van der Waals surface area (Å²) in [5.41, 5.74) is 0.813. The molecule has 0 fully saturated rings. The number of hydrogen-bond acceptors (Lipinski definition) is 2. The smallest absolute Gasteiger partial charge is 0.352 e. The molecule has 2 rings (SSSR count). The second-order valence-electron chi connectivity index (χ2n) is 3.23. The molecule has 0 radical (unpaired) electrons. The molecule has 1 aromatic carbocycles. The molecule has 0 aliphatic rings. The molecule has 2 aromatic rings. The fourth-order valence-corrected chi connectivity index (χ4v) is 1.78. The average Bonchev–Trinajstić information content (AvgIpc) is 2.51. The van der Waals surface area contributed by atoms with Crippen molar-refractivity contribution in [1.82, 2.24) is 4.57 Å². The van der Waals surface area contributed by atoms with Crippen LogP contribution >= 0.6 is 11.6 Å². The second-order valence-corrected chi connectivity index (χ2v) is 3.60. The van der Waals surface area contributed by atoms with Crippen LogP contribution in [0.4, 0.5) is 0 Å². The zero-order chi connectivity index (χ0) is 11.2. The van der Waals surface area contributed by atoms with Crippen molar-refractivity contribution in [2.45, 2.75) is 0 Å². The number of aryl methyl sites for hydroxylation is 1.